The molecule has 136 valence electrons. The van der Waals surface area contributed by atoms with Gasteiger partial charge in [0, 0.05) is 20.6 Å². The average Bonchev–Trinajstić information content (AvgIpc) is 2.60. The van der Waals surface area contributed by atoms with Crippen LogP contribution in [0.3, 0.4) is 0 Å². The van der Waals surface area contributed by atoms with Gasteiger partial charge in [0.2, 0.25) is 5.91 Å². The summed E-state index contributed by atoms with van der Waals surface area (Å²) in [5.74, 6) is 0.0185. The Hall–Kier alpha value is -1.82. The molecule has 0 saturated heterocycles. The van der Waals surface area contributed by atoms with Crippen LogP contribution in [-0.2, 0) is 11.3 Å². The molecule has 0 aliphatic rings. The van der Waals surface area contributed by atoms with Crippen LogP contribution in [0.2, 0.25) is 0 Å². The highest BCUT2D eigenvalue weighted by Crippen LogP contribution is 2.24. The number of benzene rings is 1. The molecular formula is C19H27N3O2S. The fraction of sp³-hybridized carbons (Fsp3) is 0.526. The quantitative estimate of drug-likeness (QED) is 0.410. The summed E-state index contributed by atoms with van der Waals surface area (Å²) in [6.45, 7) is 4.66. The third-order valence-corrected chi connectivity index (χ3v) is 5.21. The molecule has 0 saturated carbocycles. The lowest BCUT2D eigenvalue weighted by molar-refractivity contribution is -0.127. The van der Waals surface area contributed by atoms with Gasteiger partial charge in [-0.05, 0) is 25.5 Å². The van der Waals surface area contributed by atoms with Crippen molar-refractivity contribution in [2.45, 2.75) is 56.5 Å². The number of carbonyl (C=O) groups is 1. The van der Waals surface area contributed by atoms with Crippen molar-refractivity contribution in [1.29, 1.82) is 0 Å². The van der Waals surface area contributed by atoms with Crippen LogP contribution >= 0.6 is 11.8 Å². The van der Waals surface area contributed by atoms with Crippen molar-refractivity contribution < 1.29 is 4.79 Å². The lowest BCUT2D eigenvalue weighted by Crippen LogP contribution is -2.31. The number of fused-ring (bicyclic) bond motifs is 1. The number of rotatable bonds is 8. The van der Waals surface area contributed by atoms with E-state index < -0.39 is 0 Å². The molecule has 0 aliphatic carbocycles. The summed E-state index contributed by atoms with van der Waals surface area (Å²) in [6, 6.07) is 7.40. The van der Waals surface area contributed by atoms with E-state index in [1.807, 2.05) is 31.2 Å². The first-order valence-electron chi connectivity index (χ1n) is 8.83. The van der Waals surface area contributed by atoms with Crippen molar-refractivity contribution in [2.24, 2.45) is 0 Å². The first-order chi connectivity index (χ1) is 12.0. The largest absolute Gasteiger partial charge is 0.348 e. The van der Waals surface area contributed by atoms with E-state index in [0.29, 0.717) is 22.6 Å². The maximum Gasteiger partial charge on any atom is 0.262 e. The second-order valence-corrected chi connectivity index (χ2v) is 7.73. The van der Waals surface area contributed by atoms with E-state index in [2.05, 4.69) is 11.9 Å². The van der Waals surface area contributed by atoms with Gasteiger partial charge in [-0.15, -0.1) is 0 Å². The van der Waals surface area contributed by atoms with Gasteiger partial charge in [-0.1, -0.05) is 50.1 Å². The second-order valence-electron chi connectivity index (χ2n) is 6.42. The number of amides is 1. The normalized spacial score (nSPS) is 12.3. The van der Waals surface area contributed by atoms with Crippen molar-refractivity contribution in [1.82, 2.24) is 14.5 Å². The first kappa shape index (κ1) is 19.5. The average molecular weight is 362 g/mol. The van der Waals surface area contributed by atoms with Gasteiger partial charge in [-0.25, -0.2) is 4.98 Å². The van der Waals surface area contributed by atoms with Crippen LogP contribution in [0.5, 0.6) is 0 Å². The lowest BCUT2D eigenvalue weighted by atomic mass is 10.2. The van der Waals surface area contributed by atoms with Crippen LogP contribution in [0.25, 0.3) is 10.9 Å². The molecule has 1 heterocycles. The number of carbonyl (C=O) groups excluding carboxylic acids is 1. The number of thioether (sulfide) groups is 1. The molecule has 1 atom stereocenters. The highest BCUT2D eigenvalue weighted by Gasteiger charge is 2.20. The molecule has 0 N–H and O–H groups in total. The predicted octanol–water partition coefficient (Wildman–Crippen LogP) is 3.55. The minimum Gasteiger partial charge on any atom is -0.348 e. The molecule has 2 rings (SSSR count). The molecule has 2 aromatic rings. The molecule has 0 fully saturated rings. The summed E-state index contributed by atoms with van der Waals surface area (Å²) in [4.78, 5) is 31.4. The molecule has 6 heteroatoms. The molecule has 0 radical (unpaired) electrons. The van der Waals surface area contributed by atoms with Gasteiger partial charge in [0.1, 0.15) is 0 Å². The van der Waals surface area contributed by atoms with E-state index in [-0.39, 0.29) is 16.7 Å². The SMILES string of the molecule is CCCCCCn1c(SC(C)C(=O)N(C)C)nc2ccccc2c1=O. The van der Waals surface area contributed by atoms with Crippen molar-refractivity contribution in [3.8, 4) is 0 Å². The van der Waals surface area contributed by atoms with Crippen molar-refractivity contribution in [2.75, 3.05) is 14.1 Å². The van der Waals surface area contributed by atoms with E-state index in [1.165, 1.54) is 11.8 Å². The van der Waals surface area contributed by atoms with Gasteiger partial charge in [0.25, 0.3) is 5.56 Å². The molecule has 0 spiro atoms. The fourth-order valence-corrected chi connectivity index (χ4v) is 3.78. The summed E-state index contributed by atoms with van der Waals surface area (Å²) in [5, 5.41) is 0.974. The van der Waals surface area contributed by atoms with Gasteiger partial charge in [0.05, 0.1) is 16.2 Å². The van der Waals surface area contributed by atoms with Crippen LogP contribution in [0, 0.1) is 0 Å². The third kappa shape index (κ3) is 4.84. The van der Waals surface area contributed by atoms with Gasteiger partial charge in [0.15, 0.2) is 5.16 Å². The number of unbranched alkanes of at least 4 members (excludes halogenated alkanes) is 3. The van der Waals surface area contributed by atoms with Gasteiger partial charge in [-0.2, -0.15) is 0 Å². The zero-order chi connectivity index (χ0) is 18.4. The van der Waals surface area contributed by atoms with Crippen molar-refractivity contribution >= 4 is 28.6 Å². The van der Waals surface area contributed by atoms with Crippen LogP contribution in [0.4, 0.5) is 0 Å². The Morgan fingerprint density at radius 1 is 1.24 bits per heavy atom. The lowest BCUT2D eigenvalue weighted by Gasteiger charge is -2.18. The van der Waals surface area contributed by atoms with E-state index in [1.54, 1.807) is 23.6 Å². The van der Waals surface area contributed by atoms with Crippen LogP contribution in [0.1, 0.15) is 39.5 Å². The Bertz CT molecular complexity index is 786. The highest BCUT2D eigenvalue weighted by atomic mass is 32.2. The maximum atomic E-state index is 12.9. The van der Waals surface area contributed by atoms with Gasteiger partial charge in [-0.3, -0.25) is 14.2 Å². The standard InChI is InChI=1S/C19H27N3O2S/c1-5-6-7-10-13-22-18(24)15-11-8-9-12-16(15)20-19(22)25-14(2)17(23)21(3)4/h8-9,11-12,14H,5-7,10,13H2,1-4H3. The Morgan fingerprint density at radius 3 is 2.64 bits per heavy atom. The molecular weight excluding hydrogens is 334 g/mol. The summed E-state index contributed by atoms with van der Waals surface area (Å²) < 4.78 is 1.74. The van der Waals surface area contributed by atoms with E-state index in [4.69, 9.17) is 0 Å². The zero-order valence-electron chi connectivity index (χ0n) is 15.5. The molecule has 25 heavy (non-hydrogen) atoms. The van der Waals surface area contributed by atoms with Crippen molar-refractivity contribution in [3.63, 3.8) is 0 Å². The Morgan fingerprint density at radius 2 is 1.96 bits per heavy atom. The van der Waals surface area contributed by atoms with Crippen LogP contribution in [-0.4, -0.2) is 39.7 Å². The Labute approximate surface area is 153 Å². The van der Waals surface area contributed by atoms with Crippen LogP contribution in [0.15, 0.2) is 34.2 Å². The number of aromatic nitrogens is 2. The maximum absolute atomic E-state index is 12.9. The van der Waals surface area contributed by atoms with E-state index >= 15 is 0 Å². The molecule has 0 bridgehead atoms. The Balaban J connectivity index is 2.37. The molecule has 1 amide bonds. The minimum absolute atomic E-state index is 0.0185. The highest BCUT2D eigenvalue weighted by molar-refractivity contribution is 8.00. The number of hydrogen-bond donors (Lipinski definition) is 0. The predicted molar refractivity (Wildman–Crippen MR) is 104 cm³/mol. The number of nitrogens with zero attached hydrogens (tertiary/aromatic N) is 3. The number of para-hydroxylation sites is 1. The number of hydrogen-bond acceptors (Lipinski definition) is 4. The molecule has 0 aliphatic heterocycles. The topological polar surface area (TPSA) is 55.2 Å². The summed E-state index contributed by atoms with van der Waals surface area (Å²) in [6.07, 6.45) is 4.35. The summed E-state index contributed by atoms with van der Waals surface area (Å²) in [5.41, 5.74) is 0.665. The van der Waals surface area contributed by atoms with E-state index in [0.717, 1.165) is 25.7 Å². The fourth-order valence-electron chi connectivity index (χ4n) is 2.70. The summed E-state index contributed by atoms with van der Waals surface area (Å²) in [7, 11) is 3.48. The molecule has 1 aromatic heterocycles. The minimum atomic E-state index is -0.287. The molecule has 1 unspecified atom stereocenters. The third-order valence-electron chi connectivity index (χ3n) is 4.13. The molecule has 1 aromatic carbocycles. The van der Waals surface area contributed by atoms with Gasteiger partial charge < -0.3 is 4.90 Å². The van der Waals surface area contributed by atoms with E-state index in [9.17, 15) is 9.59 Å². The summed E-state index contributed by atoms with van der Waals surface area (Å²) >= 11 is 1.36. The van der Waals surface area contributed by atoms with Crippen LogP contribution < -0.4 is 5.56 Å². The first-order valence-corrected chi connectivity index (χ1v) is 9.71. The van der Waals surface area contributed by atoms with Gasteiger partial charge >= 0.3 is 0 Å². The monoisotopic (exact) mass is 361 g/mol. The Kier molecular flexibility index (Phi) is 7.05. The van der Waals surface area contributed by atoms with Crippen molar-refractivity contribution in [3.05, 3.63) is 34.6 Å². The zero-order valence-corrected chi connectivity index (χ0v) is 16.3. The smallest absolute Gasteiger partial charge is 0.262 e. The molecule has 5 nitrogen and oxygen atoms in total. The second kappa shape index (κ2) is 9.04.